The van der Waals surface area contributed by atoms with Crippen LogP contribution in [0.5, 0.6) is 0 Å². The Morgan fingerprint density at radius 1 is 1.35 bits per heavy atom. The SMILES string of the molecule is C#CCCCCC(=O)ON(C)C(=O)CCC=O. The van der Waals surface area contributed by atoms with Crippen molar-refractivity contribution in [3.05, 3.63) is 0 Å². The number of carbonyl (C=O) groups is 3. The van der Waals surface area contributed by atoms with E-state index in [2.05, 4.69) is 5.92 Å². The normalized spacial score (nSPS) is 9.18. The molecule has 0 heterocycles. The number of carbonyl (C=O) groups excluding carboxylic acids is 3. The number of rotatable bonds is 7. The van der Waals surface area contributed by atoms with E-state index in [4.69, 9.17) is 11.3 Å². The lowest BCUT2D eigenvalue weighted by atomic mass is 10.2. The lowest BCUT2D eigenvalue weighted by Crippen LogP contribution is -2.29. The molecule has 0 aromatic carbocycles. The molecule has 0 N–H and O–H groups in total. The van der Waals surface area contributed by atoms with E-state index in [9.17, 15) is 14.4 Å². The van der Waals surface area contributed by atoms with Crippen LogP contribution in [-0.4, -0.2) is 30.3 Å². The molecule has 94 valence electrons. The molecule has 0 aliphatic rings. The van der Waals surface area contributed by atoms with Crippen LogP contribution >= 0.6 is 0 Å². The lowest BCUT2D eigenvalue weighted by molar-refractivity contribution is -0.192. The number of hydroxylamine groups is 2. The molecule has 5 nitrogen and oxygen atoms in total. The van der Waals surface area contributed by atoms with E-state index in [1.54, 1.807) is 0 Å². The molecule has 0 fully saturated rings. The van der Waals surface area contributed by atoms with Gasteiger partial charge >= 0.3 is 5.97 Å². The molecular formula is C12H17NO4. The summed E-state index contributed by atoms with van der Waals surface area (Å²) in [5.74, 6) is 1.61. The molecule has 0 aliphatic heterocycles. The Hall–Kier alpha value is -1.83. The fourth-order valence-electron chi connectivity index (χ4n) is 1.09. The Morgan fingerprint density at radius 2 is 2.06 bits per heavy atom. The van der Waals surface area contributed by atoms with Gasteiger partial charge in [0.1, 0.15) is 6.29 Å². The minimum Gasteiger partial charge on any atom is -0.338 e. The van der Waals surface area contributed by atoms with Crippen molar-refractivity contribution < 1.29 is 19.2 Å². The topological polar surface area (TPSA) is 63.7 Å². The monoisotopic (exact) mass is 239 g/mol. The number of amides is 1. The second-order valence-electron chi connectivity index (χ2n) is 3.47. The van der Waals surface area contributed by atoms with Crippen molar-refractivity contribution >= 4 is 18.2 Å². The van der Waals surface area contributed by atoms with Crippen LogP contribution in [0.1, 0.15) is 38.5 Å². The number of aldehydes is 1. The van der Waals surface area contributed by atoms with Gasteiger partial charge in [0.05, 0.1) is 0 Å². The smallest absolute Gasteiger partial charge is 0.332 e. The van der Waals surface area contributed by atoms with Crippen molar-refractivity contribution in [2.45, 2.75) is 38.5 Å². The highest BCUT2D eigenvalue weighted by molar-refractivity contribution is 5.79. The summed E-state index contributed by atoms with van der Waals surface area (Å²) < 4.78 is 0. The Kier molecular flexibility index (Phi) is 8.39. The van der Waals surface area contributed by atoms with Crippen molar-refractivity contribution in [3.63, 3.8) is 0 Å². The van der Waals surface area contributed by atoms with Crippen LogP contribution in [0, 0.1) is 12.3 Å². The van der Waals surface area contributed by atoms with E-state index in [-0.39, 0.29) is 19.3 Å². The lowest BCUT2D eigenvalue weighted by Gasteiger charge is -2.15. The van der Waals surface area contributed by atoms with Gasteiger partial charge in [-0.3, -0.25) is 4.79 Å². The highest BCUT2D eigenvalue weighted by atomic mass is 16.7. The minimum atomic E-state index is -0.469. The van der Waals surface area contributed by atoms with Gasteiger partial charge in [0.25, 0.3) is 5.91 Å². The number of unbranched alkanes of at least 4 members (excludes halogenated alkanes) is 2. The van der Waals surface area contributed by atoms with Crippen LogP contribution < -0.4 is 0 Å². The van der Waals surface area contributed by atoms with E-state index in [0.29, 0.717) is 19.1 Å². The molecule has 0 unspecified atom stereocenters. The first-order valence-electron chi connectivity index (χ1n) is 5.46. The molecule has 0 bridgehead atoms. The summed E-state index contributed by atoms with van der Waals surface area (Å²) in [5.41, 5.74) is 0. The Morgan fingerprint density at radius 3 is 2.65 bits per heavy atom. The van der Waals surface area contributed by atoms with E-state index >= 15 is 0 Å². The number of nitrogens with zero attached hydrogens (tertiary/aromatic N) is 1. The Balaban J connectivity index is 3.75. The van der Waals surface area contributed by atoms with Crippen molar-refractivity contribution in [2.24, 2.45) is 0 Å². The molecular weight excluding hydrogens is 222 g/mol. The summed E-state index contributed by atoms with van der Waals surface area (Å²) in [6.45, 7) is 0. The van der Waals surface area contributed by atoms with Crippen LogP contribution in [0.4, 0.5) is 0 Å². The van der Waals surface area contributed by atoms with Gasteiger partial charge in [-0.05, 0) is 12.8 Å². The maximum Gasteiger partial charge on any atom is 0.332 e. The number of terminal acetylenes is 1. The van der Waals surface area contributed by atoms with Gasteiger partial charge in [-0.15, -0.1) is 12.3 Å². The molecule has 0 radical (unpaired) electrons. The third-order valence-corrected chi connectivity index (χ3v) is 2.02. The predicted octanol–water partition coefficient (Wildman–Crippen LogP) is 1.08. The average molecular weight is 239 g/mol. The highest BCUT2D eigenvalue weighted by Gasteiger charge is 2.13. The van der Waals surface area contributed by atoms with Crippen LogP contribution in [0.3, 0.4) is 0 Å². The molecule has 0 aliphatic carbocycles. The molecule has 0 rings (SSSR count). The second-order valence-corrected chi connectivity index (χ2v) is 3.47. The van der Waals surface area contributed by atoms with Gasteiger partial charge in [-0.2, -0.15) is 5.06 Å². The largest absolute Gasteiger partial charge is 0.338 e. The van der Waals surface area contributed by atoms with Gasteiger partial charge in [0.15, 0.2) is 0 Å². The summed E-state index contributed by atoms with van der Waals surface area (Å²) in [5, 5.41) is 0.868. The molecule has 0 saturated carbocycles. The zero-order chi connectivity index (χ0) is 13.1. The third-order valence-electron chi connectivity index (χ3n) is 2.02. The fourth-order valence-corrected chi connectivity index (χ4v) is 1.09. The first kappa shape index (κ1) is 15.2. The van der Waals surface area contributed by atoms with E-state index in [0.717, 1.165) is 11.5 Å². The van der Waals surface area contributed by atoms with Gasteiger partial charge in [-0.1, -0.05) is 0 Å². The molecule has 0 saturated heterocycles. The summed E-state index contributed by atoms with van der Waals surface area (Å²) in [6, 6.07) is 0. The highest BCUT2D eigenvalue weighted by Crippen LogP contribution is 2.03. The molecule has 17 heavy (non-hydrogen) atoms. The molecule has 1 amide bonds. The van der Waals surface area contributed by atoms with Crippen LogP contribution in [0.25, 0.3) is 0 Å². The van der Waals surface area contributed by atoms with Crippen molar-refractivity contribution in [3.8, 4) is 12.3 Å². The minimum absolute atomic E-state index is 0.0460. The average Bonchev–Trinajstić information content (AvgIpc) is 2.31. The second kappa shape index (κ2) is 9.40. The van der Waals surface area contributed by atoms with Gasteiger partial charge in [0.2, 0.25) is 0 Å². The summed E-state index contributed by atoms with van der Waals surface area (Å²) in [4.78, 5) is 37.4. The fraction of sp³-hybridized carbons (Fsp3) is 0.583. The molecule has 5 heteroatoms. The summed E-state index contributed by atoms with van der Waals surface area (Å²) >= 11 is 0. The first-order valence-corrected chi connectivity index (χ1v) is 5.46. The van der Waals surface area contributed by atoms with Gasteiger partial charge in [0, 0.05) is 32.7 Å². The number of hydrogen-bond donors (Lipinski definition) is 0. The molecule has 0 spiro atoms. The van der Waals surface area contributed by atoms with Crippen molar-refractivity contribution in [1.29, 1.82) is 0 Å². The summed E-state index contributed by atoms with van der Waals surface area (Å²) in [6.07, 6.45) is 8.14. The maximum atomic E-state index is 11.3. The molecule has 0 atom stereocenters. The van der Waals surface area contributed by atoms with E-state index < -0.39 is 11.9 Å². The van der Waals surface area contributed by atoms with Crippen LogP contribution in [0.15, 0.2) is 0 Å². The maximum absolute atomic E-state index is 11.3. The van der Waals surface area contributed by atoms with Crippen LogP contribution in [-0.2, 0) is 19.2 Å². The number of hydrogen-bond acceptors (Lipinski definition) is 4. The van der Waals surface area contributed by atoms with E-state index in [1.165, 1.54) is 7.05 Å². The summed E-state index contributed by atoms with van der Waals surface area (Å²) in [7, 11) is 1.35. The Bertz CT molecular complexity index is 306. The first-order chi connectivity index (χ1) is 8.11. The molecule has 0 aromatic rings. The van der Waals surface area contributed by atoms with Crippen molar-refractivity contribution in [1.82, 2.24) is 5.06 Å². The zero-order valence-electron chi connectivity index (χ0n) is 9.98. The third kappa shape index (κ3) is 8.03. The van der Waals surface area contributed by atoms with Crippen molar-refractivity contribution in [2.75, 3.05) is 7.05 Å². The quantitative estimate of drug-likeness (QED) is 0.288. The zero-order valence-corrected chi connectivity index (χ0v) is 9.98. The standard InChI is InChI=1S/C12H17NO4/c1-3-4-5-6-9-12(16)17-13(2)11(15)8-7-10-14/h1,10H,4-9H2,2H3. The van der Waals surface area contributed by atoms with E-state index in [1.807, 2.05) is 0 Å². The van der Waals surface area contributed by atoms with Gasteiger partial charge in [-0.25, -0.2) is 4.79 Å². The Labute approximate surface area is 101 Å². The molecule has 0 aromatic heterocycles. The van der Waals surface area contributed by atoms with Gasteiger partial charge < -0.3 is 9.63 Å². The van der Waals surface area contributed by atoms with Crippen LogP contribution in [0.2, 0.25) is 0 Å². The predicted molar refractivity (Wildman–Crippen MR) is 61.5 cm³/mol.